The molecular formula is C33H53N5O4S. The van der Waals surface area contributed by atoms with Crippen LogP contribution in [0.4, 0.5) is 5.13 Å². The molecule has 240 valence electrons. The van der Waals surface area contributed by atoms with Crippen molar-refractivity contribution >= 4 is 28.3 Å². The largest absolute Gasteiger partial charge is 0.384 e. The van der Waals surface area contributed by atoms with E-state index in [1.165, 1.54) is 50.6 Å². The third kappa shape index (κ3) is 14.3. The van der Waals surface area contributed by atoms with Crippen LogP contribution in [0.25, 0.3) is 11.4 Å². The summed E-state index contributed by atoms with van der Waals surface area (Å²) in [6, 6.07) is 6.51. The van der Waals surface area contributed by atoms with Crippen LogP contribution in [0.5, 0.6) is 0 Å². The van der Waals surface area contributed by atoms with Crippen molar-refractivity contribution in [3.8, 4) is 11.4 Å². The standard InChI is InChI=1S/C19H21N5O3S.C12H26O.C2H6/c1-12-5-4-6-14(20-12)16-11-28-19(22-16)23-18(26)15(10-27-3)21-17(25)13-7-8-24(2)9-13;1-5-11(3)8-7-9-12(6-2)10-13-4;1-2/h4-9,11,15H,10H2,1-3H3,(H,21,25)(H,22,23,26);11-12H,5-10H2,1-4H3;1-2H3. The van der Waals surface area contributed by atoms with Crippen molar-refractivity contribution < 1.29 is 19.1 Å². The SMILES string of the molecule is CC.CCC(C)CCCC(CC)COC.COCC(NC(=O)c1ccn(C)c1)C(=O)Nc1nc(-c2cccc(C)n2)cs1. The minimum Gasteiger partial charge on any atom is -0.384 e. The maximum Gasteiger partial charge on any atom is 0.253 e. The smallest absolute Gasteiger partial charge is 0.253 e. The zero-order chi connectivity index (χ0) is 32.2. The number of aromatic nitrogens is 3. The summed E-state index contributed by atoms with van der Waals surface area (Å²) in [5.41, 5.74) is 2.78. The van der Waals surface area contributed by atoms with Gasteiger partial charge >= 0.3 is 0 Å². The molecule has 0 aromatic carbocycles. The summed E-state index contributed by atoms with van der Waals surface area (Å²) in [7, 11) is 5.09. The maximum atomic E-state index is 12.6. The molecular weight excluding hydrogens is 562 g/mol. The lowest BCUT2D eigenvalue weighted by Gasteiger charge is -2.16. The maximum absolute atomic E-state index is 12.6. The topological polar surface area (TPSA) is 107 Å². The molecule has 3 heterocycles. The average molecular weight is 616 g/mol. The summed E-state index contributed by atoms with van der Waals surface area (Å²) in [5.74, 6) is 0.944. The lowest BCUT2D eigenvalue weighted by Crippen LogP contribution is -2.46. The molecule has 2 amide bonds. The number of hydrogen-bond acceptors (Lipinski definition) is 7. The highest BCUT2D eigenvalue weighted by Crippen LogP contribution is 2.24. The first-order valence-electron chi connectivity index (χ1n) is 15.3. The number of ether oxygens (including phenoxy) is 2. The number of nitrogens with zero attached hydrogens (tertiary/aromatic N) is 3. The summed E-state index contributed by atoms with van der Waals surface area (Å²) >= 11 is 1.29. The van der Waals surface area contributed by atoms with E-state index < -0.39 is 11.9 Å². The lowest BCUT2D eigenvalue weighted by molar-refractivity contribution is -0.119. The molecule has 3 aromatic heterocycles. The Morgan fingerprint density at radius 1 is 1.00 bits per heavy atom. The fourth-order valence-electron chi connectivity index (χ4n) is 4.16. The van der Waals surface area contributed by atoms with Gasteiger partial charge in [0, 0.05) is 51.3 Å². The number of anilines is 1. The molecule has 10 heteroatoms. The summed E-state index contributed by atoms with van der Waals surface area (Å²) in [4.78, 5) is 33.8. The van der Waals surface area contributed by atoms with E-state index in [0.717, 1.165) is 29.8 Å². The number of nitrogens with one attached hydrogen (secondary N) is 2. The Hall–Kier alpha value is -3.08. The third-order valence-corrected chi connectivity index (χ3v) is 7.68. The highest BCUT2D eigenvalue weighted by Gasteiger charge is 2.23. The molecule has 2 N–H and O–H groups in total. The minimum atomic E-state index is -0.845. The summed E-state index contributed by atoms with van der Waals surface area (Å²) in [5, 5.41) is 7.68. The summed E-state index contributed by atoms with van der Waals surface area (Å²) in [6.45, 7) is 13.8. The van der Waals surface area contributed by atoms with Gasteiger partial charge in [-0.15, -0.1) is 11.3 Å². The van der Waals surface area contributed by atoms with Gasteiger partial charge in [0.2, 0.25) is 0 Å². The van der Waals surface area contributed by atoms with Crippen LogP contribution >= 0.6 is 11.3 Å². The van der Waals surface area contributed by atoms with Gasteiger partial charge in [-0.2, -0.15) is 0 Å². The molecule has 0 saturated carbocycles. The van der Waals surface area contributed by atoms with E-state index in [1.54, 1.807) is 30.1 Å². The predicted octanol–water partition coefficient (Wildman–Crippen LogP) is 7.14. The van der Waals surface area contributed by atoms with Crippen molar-refractivity contribution in [1.82, 2.24) is 19.9 Å². The highest BCUT2D eigenvalue weighted by molar-refractivity contribution is 7.14. The van der Waals surface area contributed by atoms with Crippen molar-refractivity contribution in [1.29, 1.82) is 0 Å². The number of hydrogen-bond donors (Lipinski definition) is 2. The minimum absolute atomic E-state index is 0.0437. The van der Waals surface area contributed by atoms with Gasteiger partial charge in [0.1, 0.15) is 11.7 Å². The molecule has 0 saturated heterocycles. The van der Waals surface area contributed by atoms with E-state index in [4.69, 9.17) is 9.47 Å². The van der Waals surface area contributed by atoms with Crippen LogP contribution in [0.2, 0.25) is 0 Å². The molecule has 0 radical (unpaired) electrons. The number of rotatable bonds is 15. The fraction of sp³-hybridized carbons (Fsp3) is 0.576. The Labute approximate surface area is 262 Å². The molecule has 0 aliphatic carbocycles. The number of thiazole rings is 1. The first-order valence-corrected chi connectivity index (χ1v) is 16.2. The molecule has 0 spiro atoms. The average Bonchev–Trinajstić information content (AvgIpc) is 3.67. The van der Waals surface area contributed by atoms with E-state index in [9.17, 15) is 9.59 Å². The monoisotopic (exact) mass is 615 g/mol. The number of carbonyl (C=O) groups is 2. The number of methoxy groups -OCH3 is 2. The first-order chi connectivity index (χ1) is 20.7. The molecule has 3 atom stereocenters. The Morgan fingerprint density at radius 2 is 1.72 bits per heavy atom. The van der Waals surface area contributed by atoms with Crippen LogP contribution < -0.4 is 10.6 Å². The van der Waals surface area contributed by atoms with Crippen LogP contribution in [0.15, 0.2) is 42.0 Å². The van der Waals surface area contributed by atoms with Crippen molar-refractivity contribution in [3.63, 3.8) is 0 Å². The molecule has 0 aliphatic heterocycles. The van der Waals surface area contributed by atoms with Gasteiger partial charge in [0.25, 0.3) is 11.8 Å². The normalized spacial score (nSPS) is 12.6. The lowest BCUT2D eigenvalue weighted by atomic mass is 9.95. The van der Waals surface area contributed by atoms with Crippen LogP contribution in [-0.4, -0.2) is 59.8 Å². The number of aryl methyl sites for hydroxylation is 2. The Morgan fingerprint density at radius 3 is 2.30 bits per heavy atom. The fourth-order valence-corrected chi connectivity index (χ4v) is 4.86. The Kier molecular flexibility index (Phi) is 19.0. The molecule has 0 bridgehead atoms. The Bertz CT molecular complexity index is 1200. The van der Waals surface area contributed by atoms with Crippen LogP contribution in [-0.2, 0) is 21.3 Å². The molecule has 0 aliphatic rings. The zero-order valence-electron chi connectivity index (χ0n) is 27.6. The number of pyridine rings is 1. The highest BCUT2D eigenvalue weighted by atomic mass is 32.1. The van der Waals surface area contributed by atoms with Crippen molar-refractivity contribution in [3.05, 3.63) is 53.3 Å². The number of amides is 2. The van der Waals surface area contributed by atoms with Crippen LogP contribution in [0, 0.1) is 18.8 Å². The second-order valence-corrected chi connectivity index (χ2v) is 11.3. The predicted molar refractivity (Wildman–Crippen MR) is 178 cm³/mol. The van der Waals surface area contributed by atoms with E-state index in [-0.39, 0.29) is 12.5 Å². The van der Waals surface area contributed by atoms with Crippen molar-refractivity contribution in [2.45, 2.75) is 79.7 Å². The van der Waals surface area contributed by atoms with Crippen LogP contribution in [0.1, 0.15) is 82.8 Å². The quantitative estimate of drug-likeness (QED) is 0.188. The number of carbonyl (C=O) groups excluding carboxylic acids is 2. The van der Waals surface area contributed by atoms with Gasteiger partial charge in [0.05, 0.1) is 17.9 Å². The molecule has 9 nitrogen and oxygen atoms in total. The van der Waals surface area contributed by atoms with E-state index >= 15 is 0 Å². The van der Waals surface area contributed by atoms with Crippen LogP contribution in [0.3, 0.4) is 0 Å². The molecule has 43 heavy (non-hydrogen) atoms. The van der Waals surface area contributed by atoms with Crippen molar-refractivity contribution in [2.75, 3.05) is 32.8 Å². The third-order valence-electron chi connectivity index (χ3n) is 6.92. The first kappa shape index (κ1) is 37.9. The molecule has 0 fully saturated rings. The van der Waals surface area contributed by atoms with Gasteiger partial charge in [-0.05, 0) is 43.4 Å². The van der Waals surface area contributed by atoms with Gasteiger partial charge in [-0.1, -0.05) is 66.4 Å². The molecule has 3 unspecified atom stereocenters. The van der Waals surface area contributed by atoms with E-state index in [1.807, 2.05) is 51.4 Å². The van der Waals surface area contributed by atoms with Crippen molar-refractivity contribution in [2.24, 2.45) is 18.9 Å². The van der Waals surface area contributed by atoms with Gasteiger partial charge in [-0.25, -0.2) is 4.98 Å². The second-order valence-electron chi connectivity index (χ2n) is 10.4. The second kappa shape index (κ2) is 21.6. The van der Waals surface area contributed by atoms with Gasteiger partial charge < -0.3 is 24.7 Å². The van der Waals surface area contributed by atoms with Gasteiger partial charge in [0.15, 0.2) is 5.13 Å². The molecule has 3 rings (SSSR count). The molecule has 3 aromatic rings. The van der Waals surface area contributed by atoms with E-state index in [2.05, 4.69) is 41.4 Å². The summed E-state index contributed by atoms with van der Waals surface area (Å²) in [6.07, 6.45) is 10.1. The zero-order valence-corrected chi connectivity index (χ0v) is 28.4. The van der Waals surface area contributed by atoms with E-state index in [0.29, 0.717) is 16.4 Å². The summed E-state index contributed by atoms with van der Waals surface area (Å²) < 4.78 is 12.0. The van der Waals surface area contributed by atoms with Gasteiger partial charge in [-0.3, -0.25) is 14.6 Å². The Balaban J connectivity index is 0.000000521.